The van der Waals surface area contributed by atoms with Gasteiger partial charge < -0.3 is 19.1 Å². The van der Waals surface area contributed by atoms with Gasteiger partial charge in [0.15, 0.2) is 6.79 Å². The Morgan fingerprint density at radius 3 is 3.08 bits per heavy atom. The molecule has 7 heteroatoms. The zero-order chi connectivity index (χ0) is 17.1. The minimum Gasteiger partial charge on any atom is -0.467 e. The quantitative estimate of drug-likeness (QED) is 0.830. The van der Waals surface area contributed by atoms with Crippen LogP contribution in [-0.4, -0.2) is 61.9 Å². The number of fused-ring (bicyclic) bond motifs is 1. The van der Waals surface area contributed by atoms with Crippen LogP contribution in [0, 0.1) is 5.82 Å². The minimum absolute atomic E-state index is 0.0576. The molecule has 1 amide bonds. The number of carbonyl (C=O) groups excluding carboxylic acids is 1. The summed E-state index contributed by atoms with van der Waals surface area (Å²) in [6.45, 7) is 4.98. The van der Waals surface area contributed by atoms with Gasteiger partial charge in [0.1, 0.15) is 11.6 Å². The lowest BCUT2D eigenvalue weighted by Gasteiger charge is -2.32. The van der Waals surface area contributed by atoms with Gasteiger partial charge in [0.2, 0.25) is 5.91 Å². The Kier molecular flexibility index (Phi) is 5.33. The van der Waals surface area contributed by atoms with Gasteiger partial charge in [0, 0.05) is 30.8 Å². The van der Waals surface area contributed by atoms with Crippen LogP contribution in [0.4, 0.5) is 4.39 Å². The topological polar surface area (TPSA) is 51.2 Å². The first-order valence-electron chi connectivity index (χ1n) is 8.12. The third kappa shape index (κ3) is 4.03. The average molecular weight is 338 g/mol. The van der Waals surface area contributed by atoms with E-state index >= 15 is 0 Å². The molecule has 0 aliphatic carbocycles. The molecular weight excluding hydrogens is 315 g/mol. The molecule has 2 heterocycles. The van der Waals surface area contributed by atoms with Crippen molar-refractivity contribution in [2.75, 3.05) is 40.1 Å². The number of carbonyl (C=O) groups is 1. The highest BCUT2D eigenvalue weighted by Crippen LogP contribution is 2.30. The molecule has 1 saturated heterocycles. The first kappa shape index (κ1) is 17.1. The Labute approximate surface area is 141 Å². The molecule has 0 N–H and O–H groups in total. The summed E-state index contributed by atoms with van der Waals surface area (Å²) in [5.74, 6) is 0.406. The van der Waals surface area contributed by atoms with Crippen molar-refractivity contribution in [3.8, 4) is 5.75 Å². The predicted molar refractivity (Wildman–Crippen MR) is 85.0 cm³/mol. The van der Waals surface area contributed by atoms with E-state index in [0.717, 1.165) is 5.56 Å². The smallest absolute Gasteiger partial charge is 0.236 e. The Morgan fingerprint density at radius 2 is 2.29 bits per heavy atom. The lowest BCUT2D eigenvalue weighted by molar-refractivity contribution is -0.139. The van der Waals surface area contributed by atoms with E-state index in [1.807, 2.05) is 23.8 Å². The van der Waals surface area contributed by atoms with E-state index < -0.39 is 0 Å². The number of benzene rings is 1. The van der Waals surface area contributed by atoms with Crippen molar-refractivity contribution >= 4 is 5.91 Å². The molecule has 24 heavy (non-hydrogen) atoms. The number of rotatable bonds is 4. The van der Waals surface area contributed by atoms with Gasteiger partial charge in [-0.25, -0.2) is 4.39 Å². The van der Waals surface area contributed by atoms with Gasteiger partial charge in [0.05, 0.1) is 25.9 Å². The van der Waals surface area contributed by atoms with E-state index in [-0.39, 0.29) is 31.2 Å². The summed E-state index contributed by atoms with van der Waals surface area (Å²) >= 11 is 0. The first-order valence-corrected chi connectivity index (χ1v) is 8.12. The second-order valence-corrected chi connectivity index (χ2v) is 6.36. The molecule has 6 nitrogen and oxygen atoms in total. The SMILES string of the molecule is CC1CN(C(=O)CN(C)Cc2cc(F)cc3c2OCOC3)CCO1. The molecule has 1 aromatic rings. The van der Waals surface area contributed by atoms with Crippen molar-refractivity contribution in [1.82, 2.24) is 9.80 Å². The van der Waals surface area contributed by atoms with E-state index in [1.54, 1.807) is 0 Å². The maximum atomic E-state index is 13.8. The van der Waals surface area contributed by atoms with Crippen LogP contribution in [0.2, 0.25) is 0 Å². The maximum absolute atomic E-state index is 13.8. The summed E-state index contributed by atoms with van der Waals surface area (Å²) in [6, 6.07) is 2.89. The van der Waals surface area contributed by atoms with Crippen molar-refractivity contribution in [2.45, 2.75) is 26.2 Å². The molecule has 1 unspecified atom stereocenters. The van der Waals surface area contributed by atoms with E-state index in [0.29, 0.717) is 44.2 Å². The van der Waals surface area contributed by atoms with Crippen molar-refractivity contribution in [3.05, 3.63) is 29.1 Å². The summed E-state index contributed by atoms with van der Waals surface area (Å²) in [4.78, 5) is 16.1. The molecule has 0 spiro atoms. The predicted octanol–water partition coefficient (Wildman–Crippen LogP) is 1.37. The second-order valence-electron chi connectivity index (χ2n) is 6.36. The zero-order valence-electron chi connectivity index (χ0n) is 14.1. The molecule has 0 aromatic heterocycles. The van der Waals surface area contributed by atoms with Crippen LogP contribution in [0.15, 0.2) is 12.1 Å². The number of morpholine rings is 1. The van der Waals surface area contributed by atoms with Gasteiger partial charge in [-0.2, -0.15) is 0 Å². The second kappa shape index (κ2) is 7.46. The zero-order valence-corrected chi connectivity index (χ0v) is 14.1. The molecule has 0 saturated carbocycles. The highest BCUT2D eigenvalue weighted by molar-refractivity contribution is 5.78. The summed E-state index contributed by atoms with van der Waals surface area (Å²) < 4.78 is 29.9. The monoisotopic (exact) mass is 338 g/mol. The van der Waals surface area contributed by atoms with Crippen LogP contribution >= 0.6 is 0 Å². The first-order chi connectivity index (χ1) is 11.5. The normalized spacial score (nSPS) is 20.7. The number of hydrogen-bond donors (Lipinski definition) is 0. The number of ether oxygens (including phenoxy) is 3. The van der Waals surface area contributed by atoms with Crippen LogP contribution in [0.25, 0.3) is 0 Å². The van der Waals surface area contributed by atoms with E-state index in [4.69, 9.17) is 14.2 Å². The van der Waals surface area contributed by atoms with Gasteiger partial charge in [-0.3, -0.25) is 9.69 Å². The third-order valence-electron chi connectivity index (χ3n) is 4.19. The number of amides is 1. The lowest BCUT2D eigenvalue weighted by atomic mass is 10.1. The number of nitrogens with zero attached hydrogens (tertiary/aromatic N) is 2. The summed E-state index contributed by atoms with van der Waals surface area (Å²) in [5, 5.41) is 0. The minimum atomic E-state index is -0.320. The van der Waals surface area contributed by atoms with Crippen molar-refractivity contribution in [1.29, 1.82) is 0 Å². The van der Waals surface area contributed by atoms with Crippen LogP contribution in [0.5, 0.6) is 5.75 Å². The fourth-order valence-electron chi connectivity index (χ4n) is 3.10. The highest BCUT2D eigenvalue weighted by atomic mass is 19.1. The van der Waals surface area contributed by atoms with Crippen molar-refractivity contribution in [2.24, 2.45) is 0 Å². The van der Waals surface area contributed by atoms with E-state index in [9.17, 15) is 9.18 Å². The van der Waals surface area contributed by atoms with E-state index in [2.05, 4.69) is 0 Å². The Hall–Kier alpha value is -1.70. The standard InChI is InChI=1S/C17H23FN2O4/c1-12-7-20(3-4-23-12)16(21)9-19(2)8-13-5-15(18)6-14-10-22-11-24-17(13)14/h5-6,12H,3-4,7-11H2,1-2H3. The van der Waals surface area contributed by atoms with Crippen molar-refractivity contribution < 1.29 is 23.4 Å². The average Bonchev–Trinajstić information content (AvgIpc) is 2.54. The Morgan fingerprint density at radius 1 is 1.46 bits per heavy atom. The highest BCUT2D eigenvalue weighted by Gasteiger charge is 2.23. The summed E-state index contributed by atoms with van der Waals surface area (Å²) in [6.07, 6.45) is 0.0663. The van der Waals surface area contributed by atoms with Gasteiger partial charge in [-0.05, 0) is 26.1 Å². The van der Waals surface area contributed by atoms with Gasteiger partial charge in [-0.1, -0.05) is 0 Å². The molecule has 0 radical (unpaired) electrons. The Balaban J connectivity index is 1.63. The molecule has 132 valence electrons. The number of hydrogen-bond acceptors (Lipinski definition) is 5. The van der Waals surface area contributed by atoms with Crippen LogP contribution in [0.1, 0.15) is 18.1 Å². The molecule has 1 aromatic carbocycles. The number of likely N-dealkylation sites (N-methyl/N-ethyl adjacent to an activating group) is 1. The maximum Gasteiger partial charge on any atom is 0.236 e. The Bertz CT molecular complexity index is 610. The van der Waals surface area contributed by atoms with Gasteiger partial charge in [0.25, 0.3) is 0 Å². The molecule has 2 aliphatic rings. The van der Waals surface area contributed by atoms with Gasteiger partial charge in [-0.15, -0.1) is 0 Å². The van der Waals surface area contributed by atoms with Crippen molar-refractivity contribution in [3.63, 3.8) is 0 Å². The molecule has 1 atom stereocenters. The largest absolute Gasteiger partial charge is 0.467 e. The fraction of sp³-hybridized carbons (Fsp3) is 0.588. The van der Waals surface area contributed by atoms with E-state index in [1.165, 1.54) is 12.1 Å². The summed E-state index contributed by atoms with van der Waals surface area (Å²) in [5.41, 5.74) is 1.44. The van der Waals surface area contributed by atoms with Crippen LogP contribution < -0.4 is 4.74 Å². The van der Waals surface area contributed by atoms with Crippen LogP contribution in [0.3, 0.4) is 0 Å². The van der Waals surface area contributed by atoms with Crippen LogP contribution in [-0.2, 0) is 27.4 Å². The number of halogens is 1. The van der Waals surface area contributed by atoms with Gasteiger partial charge >= 0.3 is 0 Å². The third-order valence-corrected chi connectivity index (χ3v) is 4.19. The molecule has 0 bridgehead atoms. The molecule has 3 rings (SSSR count). The fourth-order valence-corrected chi connectivity index (χ4v) is 3.10. The summed E-state index contributed by atoms with van der Waals surface area (Å²) in [7, 11) is 1.85. The molecular formula is C17H23FN2O4. The lowest BCUT2D eigenvalue weighted by Crippen LogP contribution is -2.47. The molecule has 1 fully saturated rings. The molecule has 2 aliphatic heterocycles.